The van der Waals surface area contributed by atoms with E-state index in [4.69, 9.17) is 4.74 Å². The molecule has 128 valence electrons. The van der Waals surface area contributed by atoms with Crippen LogP contribution in [-0.4, -0.2) is 32.6 Å². The smallest absolute Gasteiger partial charge is 0.319 e. The van der Waals surface area contributed by atoms with Crippen LogP contribution in [0.15, 0.2) is 22.7 Å². The molecule has 4 rings (SSSR count). The van der Waals surface area contributed by atoms with Crippen LogP contribution in [0.25, 0.3) is 0 Å². The molecular weight excluding hydrogens is 342 g/mol. The lowest BCUT2D eigenvalue weighted by molar-refractivity contribution is -0.137. The Morgan fingerprint density at radius 3 is 2.83 bits per heavy atom. The molecule has 2 fully saturated rings. The number of thioether (sulfide) groups is 1. The van der Waals surface area contributed by atoms with Crippen LogP contribution in [0.1, 0.15) is 55.3 Å². The normalized spacial score (nSPS) is 22.0. The third-order valence-electron chi connectivity index (χ3n) is 4.72. The van der Waals surface area contributed by atoms with E-state index in [-0.39, 0.29) is 11.2 Å². The van der Waals surface area contributed by atoms with E-state index < -0.39 is 0 Å². The van der Waals surface area contributed by atoms with Gasteiger partial charge in [0.05, 0.1) is 6.61 Å². The molecule has 1 aliphatic heterocycles. The molecule has 0 N–H and O–H groups in total. The zero-order valence-electron chi connectivity index (χ0n) is 13.5. The number of aromatic nitrogens is 3. The Morgan fingerprint density at radius 2 is 2.12 bits per heavy atom. The molecule has 1 saturated heterocycles. The first-order valence-electron chi connectivity index (χ1n) is 8.61. The second kappa shape index (κ2) is 7.27. The van der Waals surface area contributed by atoms with Gasteiger partial charge in [-0.15, -0.1) is 21.5 Å². The fourth-order valence-electron chi connectivity index (χ4n) is 3.49. The largest absolute Gasteiger partial charge is 0.465 e. The summed E-state index contributed by atoms with van der Waals surface area (Å²) in [6, 6.07) is 4.68. The minimum Gasteiger partial charge on any atom is -0.465 e. The Labute approximate surface area is 149 Å². The molecule has 2 aliphatic rings. The molecule has 1 aliphatic carbocycles. The third kappa shape index (κ3) is 3.37. The minimum absolute atomic E-state index is 0.113. The van der Waals surface area contributed by atoms with Crippen molar-refractivity contribution in [3.8, 4) is 0 Å². The molecule has 0 radical (unpaired) electrons. The average Bonchev–Trinajstić information content (AvgIpc) is 3.33. The molecule has 1 atom stereocenters. The van der Waals surface area contributed by atoms with Gasteiger partial charge in [0.2, 0.25) is 0 Å². The predicted molar refractivity (Wildman–Crippen MR) is 94.5 cm³/mol. The van der Waals surface area contributed by atoms with Gasteiger partial charge in [0.25, 0.3) is 0 Å². The number of hydrogen-bond acceptors (Lipinski definition) is 6. The van der Waals surface area contributed by atoms with Gasteiger partial charge < -0.3 is 9.30 Å². The Hall–Kier alpha value is -1.34. The van der Waals surface area contributed by atoms with Gasteiger partial charge in [0, 0.05) is 23.8 Å². The molecule has 0 bridgehead atoms. The van der Waals surface area contributed by atoms with Crippen LogP contribution in [0.2, 0.25) is 0 Å². The number of thiophene rings is 1. The Kier molecular flexibility index (Phi) is 4.89. The first-order valence-corrected chi connectivity index (χ1v) is 10.4. The Morgan fingerprint density at radius 1 is 1.25 bits per heavy atom. The molecule has 24 heavy (non-hydrogen) atoms. The zero-order valence-corrected chi connectivity index (χ0v) is 15.2. The molecule has 7 heteroatoms. The first-order chi connectivity index (χ1) is 11.8. The highest BCUT2D eigenvalue weighted by atomic mass is 32.2. The number of carbonyl (C=O) groups is 1. The fraction of sp³-hybridized carbons (Fsp3) is 0.588. The summed E-state index contributed by atoms with van der Waals surface area (Å²) in [5.41, 5.74) is 0. The monoisotopic (exact) mass is 363 g/mol. The van der Waals surface area contributed by atoms with Crippen molar-refractivity contribution in [2.45, 2.75) is 61.4 Å². The van der Waals surface area contributed by atoms with Gasteiger partial charge in [-0.3, -0.25) is 4.79 Å². The number of hydrogen-bond donors (Lipinski definition) is 0. The van der Waals surface area contributed by atoms with Crippen LogP contribution < -0.4 is 0 Å². The van der Waals surface area contributed by atoms with Crippen molar-refractivity contribution in [3.63, 3.8) is 0 Å². The highest BCUT2D eigenvalue weighted by molar-refractivity contribution is 8.00. The summed E-state index contributed by atoms with van der Waals surface area (Å²) in [5, 5.41) is 11.8. The number of cyclic esters (lactones) is 1. The predicted octanol–water partition coefficient (Wildman–Crippen LogP) is 3.84. The maximum absolute atomic E-state index is 11.8. The van der Waals surface area contributed by atoms with Gasteiger partial charge in [-0.2, -0.15) is 0 Å². The quantitative estimate of drug-likeness (QED) is 0.756. The van der Waals surface area contributed by atoms with Crippen LogP contribution in [-0.2, 0) is 16.0 Å². The molecule has 3 heterocycles. The van der Waals surface area contributed by atoms with Gasteiger partial charge in [0.1, 0.15) is 11.1 Å². The van der Waals surface area contributed by atoms with Crippen LogP contribution in [0.3, 0.4) is 0 Å². The summed E-state index contributed by atoms with van der Waals surface area (Å²) in [4.78, 5) is 13.1. The lowest BCUT2D eigenvalue weighted by Gasteiger charge is -2.25. The van der Waals surface area contributed by atoms with Crippen molar-refractivity contribution in [2.75, 3.05) is 6.61 Å². The van der Waals surface area contributed by atoms with E-state index in [1.807, 2.05) is 0 Å². The van der Waals surface area contributed by atoms with E-state index in [1.165, 1.54) is 48.7 Å². The van der Waals surface area contributed by atoms with E-state index in [0.29, 0.717) is 12.6 Å². The van der Waals surface area contributed by atoms with Gasteiger partial charge in [-0.05, 0) is 24.3 Å². The number of ether oxygens (including phenoxy) is 1. The summed E-state index contributed by atoms with van der Waals surface area (Å²) in [5.74, 6) is 0.913. The van der Waals surface area contributed by atoms with Gasteiger partial charge >= 0.3 is 5.97 Å². The maximum Gasteiger partial charge on any atom is 0.319 e. The average molecular weight is 364 g/mol. The molecule has 5 nitrogen and oxygen atoms in total. The lowest BCUT2D eigenvalue weighted by atomic mass is 9.95. The van der Waals surface area contributed by atoms with E-state index in [2.05, 4.69) is 32.3 Å². The zero-order chi connectivity index (χ0) is 16.4. The fourth-order valence-corrected chi connectivity index (χ4v) is 5.29. The van der Waals surface area contributed by atoms with E-state index in [9.17, 15) is 4.79 Å². The second-order valence-corrected chi connectivity index (χ2v) is 8.58. The standard InChI is InChI=1S/C17H21N3O2S2/c21-16-14(8-9-22-16)24-17-19-18-15(11-13-7-4-10-23-13)20(17)12-5-2-1-3-6-12/h4,7,10,12,14H,1-3,5-6,8-9,11H2/t14-/m1/s1. The van der Waals surface area contributed by atoms with Crippen LogP contribution in [0.5, 0.6) is 0 Å². The molecule has 2 aromatic rings. The molecule has 1 saturated carbocycles. The summed E-state index contributed by atoms with van der Waals surface area (Å²) < 4.78 is 7.41. The molecular formula is C17H21N3O2S2. The van der Waals surface area contributed by atoms with E-state index in [0.717, 1.165) is 23.8 Å². The SMILES string of the molecule is O=C1OCC[C@H]1Sc1nnc(Cc2cccs2)n1C1CCCCC1. The number of esters is 1. The van der Waals surface area contributed by atoms with Crippen molar-refractivity contribution in [1.82, 2.24) is 14.8 Å². The molecule has 2 aromatic heterocycles. The third-order valence-corrected chi connectivity index (χ3v) is 6.80. The van der Waals surface area contributed by atoms with Crippen molar-refractivity contribution < 1.29 is 9.53 Å². The van der Waals surface area contributed by atoms with Crippen molar-refractivity contribution in [1.29, 1.82) is 0 Å². The van der Waals surface area contributed by atoms with Crippen molar-refractivity contribution >= 4 is 29.1 Å². The first kappa shape index (κ1) is 16.1. The molecule has 0 spiro atoms. The van der Waals surface area contributed by atoms with E-state index in [1.54, 1.807) is 11.3 Å². The highest BCUT2D eigenvalue weighted by Gasteiger charge is 2.31. The lowest BCUT2D eigenvalue weighted by Crippen LogP contribution is -2.18. The van der Waals surface area contributed by atoms with Crippen LogP contribution >= 0.6 is 23.1 Å². The van der Waals surface area contributed by atoms with Crippen LogP contribution in [0, 0.1) is 0 Å². The molecule has 0 unspecified atom stereocenters. The molecule has 0 aromatic carbocycles. The minimum atomic E-state index is -0.133. The summed E-state index contributed by atoms with van der Waals surface area (Å²) in [7, 11) is 0. The van der Waals surface area contributed by atoms with Gasteiger partial charge in [0.15, 0.2) is 5.16 Å². The van der Waals surface area contributed by atoms with E-state index >= 15 is 0 Å². The van der Waals surface area contributed by atoms with Crippen molar-refractivity contribution in [2.24, 2.45) is 0 Å². The van der Waals surface area contributed by atoms with Gasteiger partial charge in [-0.1, -0.05) is 37.1 Å². The highest BCUT2D eigenvalue weighted by Crippen LogP contribution is 2.36. The number of nitrogens with zero attached hydrogens (tertiary/aromatic N) is 3. The number of carbonyl (C=O) groups excluding carboxylic acids is 1. The summed E-state index contributed by atoms with van der Waals surface area (Å²) in [6.45, 7) is 0.524. The van der Waals surface area contributed by atoms with Gasteiger partial charge in [-0.25, -0.2) is 0 Å². The number of rotatable bonds is 5. The second-order valence-electron chi connectivity index (χ2n) is 6.38. The van der Waals surface area contributed by atoms with Crippen LogP contribution in [0.4, 0.5) is 0 Å². The summed E-state index contributed by atoms with van der Waals surface area (Å²) >= 11 is 3.28. The Balaban J connectivity index is 1.62. The summed E-state index contributed by atoms with van der Waals surface area (Å²) in [6.07, 6.45) is 7.78. The molecule has 0 amide bonds. The van der Waals surface area contributed by atoms with Crippen molar-refractivity contribution in [3.05, 3.63) is 28.2 Å². The Bertz CT molecular complexity index is 693. The maximum atomic E-state index is 11.8. The topological polar surface area (TPSA) is 57.0 Å².